The summed E-state index contributed by atoms with van der Waals surface area (Å²) in [6, 6.07) is 13.8. The van der Waals surface area contributed by atoms with Crippen molar-refractivity contribution >= 4 is 50.9 Å². The van der Waals surface area contributed by atoms with Crippen molar-refractivity contribution in [2.75, 3.05) is 29.0 Å². The molecule has 0 saturated carbocycles. The predicted molar refractivity (Wildman–Crippen MR) is 129 cm³/mol. The Labute approximate surface area is 202 Å². The number of benzene rings is 2. The number of amides is 2. The fraction of sp³-hybridized carbons (Fsp3) is 0.348. The summed E-state index contributed by atoms with van der Waals surface area (Å²) in [4.78, 5) is 38.2. The summed E-state index contributed by atoms with van der Waals surface area (Å²) in [6.07, 6.45) is 1.08. The van der Waals surface area contributed by atoms with Crippen LogP contribution in [0.25, 0.3) is 0 Å². The molecule has 0 unspecified atom stereocenters. The molecule has 2 heterocycles. The normalized spacial score (nSPS) is 21.8. The Morgan fingerprint density at radius 2 is 1.94 bits per heavy atom. The standard InChI is InChI=1S/C23H25N3O6S2/c1-23-12-11-21(28)26(23)19(15-33-23)22(29)32-14-20(27)24-16-7-6-10-18(13-16)34(30,31)25(2)17-8-4-3-5-9-17/h3-10,13,19H,11-12,14-15H2,1-2H3,(H,24,27)/t19-,23+/m0/s1. The molecule has 0 aliphatic carbocycles. The van der Waals surface area contributed by atoms with Gasteiger partial charge in [0.25, 0.3) is 15.9 Å². The number of fused-ring (bicyclic) bond motifs is 1. The van der Waals surface area contributed by atoms with Gasteiger partial charge in [-0.15, -0.1) is 11.8 Å². The van der Waals surface area contributed by atoms with Gasteiger partial charge in [-0.2, -0.15) is 0 Å². The van der Waals surface area contributed by atoms with E-state index in [1.807, 2.05) is 6.92 Å². The van der Waals surface area contributed by atoms with Crippen LogP contribution in [0.15, 0.2) is 59.5 Å². The minimum Gasteiger partial charge on any atom is -0.454 e. The molecule has 2 aromatic rings. The van der Waals surface area contributed by atoms with Gasteiger partial charge in [-0.1, -0.05) is 24.3 Å². The van der Waals surface area contributed by atoms with Crippen LogP contribution >= 0.6 is 11.8 Å². The quantitative estimate of drug-likeness (QED) is 0.578. The van der Waals surface area contributed by atoms with Crippen molar-refractivity contribution in [2.45, 2.75) is 35.6 Å². The van der Waals surface area contributed by atoms with E-state index in [0.717, 1.165) is 4.31 Å². The van der Waals surface area contributed by atoms with Gasteiger partial charge >= 0.3 is 5.97 Å². The molecule has 2 aliphatic heterocycles. The maximum Gasteiger partial charge on any atom is 0.330 e. The van der Waals surface area contributed by atoms with Crippen molar-refractivity contribution in [3.05, 3.63) is 54.6 Å². The molecule has 2 aromatic carbocycles. The average molecular weight is 504 g/mol. The fourth-order valence-electron chi connectivity index (χ4n) is 4.09. The highest BCUT2D eigenvalue weighted by atomic mass is 32.2. The molecule has 0 aromatic heterocycles. The lowest BCUT2D eigenvalue weighted by Crippen LogP contribution is -2.47. The number of rotatable bonds is 7. The van der Waals surface area contributed by atoms with E-state index in [0.29, 0.717) is 24.3 Å². The number of hydrogen-bond donors (Lipinski definition) is 1. The highest BCUT2D eigenvalue weighted by Crippen LogP contribution is 2.47. The molecule has 0 bridgehead atoms. The Bertz CT molecular complexity index is 1220. The maximum absolute atomic E-state index is 13.0. The molecule has 2 saturated heterocycles. The molecular formula is C23H25N3O6S2. The average Bonchev–Trinajstić information content (AvgIpc) is 3.33. The third kappa shape index (κ3) is 4.62. The Morgan fingerprint density at radius 1 is 1.21 bits per heavy atom. The van der Waals surface area contributed by atoms with Crippen molar-refractivity contribution in [3.63, 3.8) is 0 Å². The first-order valence-electron chi connectivity index (χ1n) is 10.7. The summed E-state index contributed by atoms with van der Waals surface area (Å²) in [5.41, 5.74) is 0.754. The second-order valence-corrected chi connectivity index (χ2v) is 11.7. The molecule has 9 nitrogen and oxygen atoms in total. The first-order chi connectivity index (χ1) is 16.1. The fourth-order valence-corrected chi connectivity index (χ4v) is 6.75. The number of nitrogens with one attached hydrogen (secondary N) is 1. The summed E-state index contributed by atoms with van der Waals surface area (Å²) < 4.78 is 32.3. The minimum atomic E-state index is -3.85. The first-order valence-corrected chi connectivity index (χ1v) is 13.1. The SMILES string of the molecule is CN(c1ccccc1)S(=O)(=O)c1cccc(NC(=O)COC(=O)[C@@H]2CS[C@]3(C)CCC(=O)N23)c1. The van der Waals surface area contributed by atoms with Gasteiger partial charge in [0.2, 0.25) is 5.91 Å². The summed E-state index contributed by atoms with van der Waals surface area (Å²) >= 11 is 1.54. The first kappa shape index (κ1) is 24.1. The molecule has 0 spiro atoms. The summed E-state index contributed by atoms with van der Waals surface area (Å²) in [6.45, 7) is 1.39. The molecule has 4 rings (SSSR count). The Morgan fingerprint density at radius 3 is 2.68 bits per heavy atom. The lowest BCUT2D eigenvalue weighted by atomic mass is 10.2. The zero-order valence-corrected chi connectivity index (χ0v) is 20.4. The van der Waals surface area contributed by atoms with Crippen LogP contribution in [0.1, 0.15) is 19.8 Å². The number of nitrogens with zero attached hydrogens (tertiary/aromatic N) is 2. The maximum atomic E-state index is 13.0. The monoisotopic (exact) mass is 503 g/mol. The lowest BCUT2D eigenvalue weighted by molar-refractivity contribution is -0.155. The van der Waals surface area contributed by atoms with E-state index < -0.39 is 39.4 Å². The highest BCUT2D eigenvalue weighted by molar-refractivity contribution is 8.01. The van der Waals surface area contributed by atoms with Gasteiger partial charge in [0.05, 0.1) is 15.5 Å². The van der Waals surface area contributed by atoms with Crippen LogP contribution in [-0.4, -0.2) is 61.4 Å². The minimum absolute atomic E-state index is 0.00320. The summed E-state index contributed by atoms with van der Waals surface area (Å²) in [5.74, 6) is -0.891. The number of hydrogen-bond acceptors (Lipinski definition) is 7. The lowest BCUT2D eigenvalue weighted by Gasteiger charge is -2.29. The van der Waals surface area contributed by atoms with Gasteiger partial charge in [0.15, 0.2) is 6.61 Å². The van der Waals surface area contributed by atoms with E-state index in [1.165, 1.54) is 37.0 Å². The molecule has 2 atom stereocenters. The van der Waals surface area contributed by atoms with Gasteiger partial charge in [0.1, 0.15) is 6.04 Å². The molecule has 34 heavy (non-hydrogen) atoms. The van der Waals surface area contributed by atoms with Gasteiger partial charge in [-0.05, 0) is 43.7 Å². The number of anilines is 2. The van der Waals surface area contributed by atoms with Gasteiger partial charge in [-0.25, -0.2) is 13.2 Å². The van der Waals surface area contributed by atoms with Crippen LogP contribution in [0.4, 0.5) is 11.4 Å². The summed E-state index contributed by atoms with van der Waals surface area (Å²) in [7, 11) is -2.40. The highest BCUT2D eigenvalue weighted by Gasteiger charge is 2.53. The third-order valence-electron chi connectivity index (χ3n) is 5.96. The zero-order valence-electron chi connectivity index (χ0n) is 18.8. The van der Waals surface area contributed by atoms with Crippen molar-refractivity contribution in [3.8, 4) is 0 Å². The second-order valence-electron chi connectivity index (χ2n) is 8.26. The molecule has 2 fully saturated rings. The Balaban J connectivity index is 1.37. The molecule has 1 N–H and O–H groups in total. The number of esters is 1. The van der Waals surface area contributed by atoms with E-state index in [-0.39, 0.29) is 16.5 Å². The van der Waals surface area contributed by atoms with Crippen molar-refractivity contribution in [1.82, 2.24) is 4.90 Å². The van der Waals surface area contributed by atoms with Gasteiger partial charge in [0, 0.05) is 24.9 Å². The molecular weight excluding hydrogens is 478 g/mol. The number of ether oxygens (including phenoxy) is 1. The van der Waals surface area contributed by atoms with Crippen molar-refractivity contribution < 1.29 is 27.5 Å². The second kappa shape index (κ2) is 9.30. The van der Waals surface area contributed by atoms with E-state index in [1.54, 1.807) is 41.3 Å². The van der Waals surface area contributed by atoms with Gasteiger partial charge < -0.3 is 15.0 Å². The largest absolute Gasteiger partial charge is 0.454 e. The molecule has 2 aliphatic rings. The van der Waals surface area contributed by atoms with Crippen LogP contribution in [0.3, 0.4) is 0 Å². The molecule has 11 heteroatoms. The number of para-hydroxylation sites is 1. The zero-order chi connectivity index (χ0) is 24.5. The smallest absolute Gasteiger partial charge is 0.330 e. The van der Waals surface area contributed by atoms with Crippen molar-refractivity contribution in [1.29, 1.82) is 0 Å². The topological polar surface area (TPSA) is 113 Å². The number of thioether (sulfide) groups is 1. The summed E-state index contributed by atoms with van der Waals surface area (Å²) in [5, 5.41) is 2.56. The molecule has 0 radical (unpaired) electrons. The van der Waals surface area contributed by atoms with Crippen LogP contribution in [0.5, 0.6) is 0 Å². The van der Waals surface area contributed by atoms with Crippen molar-refractivity contribution in [2.24, 2.45) is 0 Å². The van der Waals surface area contributed by atoms with Crippen LogP contribution in [0.2, 0.25) is 0 Å². The Hall–Kier alpha value is -3.05. The third-order valence-corrected chi connectivity index (χ3v) is 9.25. The van der Waals surface area contributed by atoms with E-state index in [9.17, 15) is 22.8 Å². The van der Waals surface area contributed by atoms with E-state index >= 15 is 0 Å². The van der Waals surface area contributed by atoms with Crippen LogP contribution in [0, 0.1) is 0 Å². The van der Waals surface area contributed by atoms with Gasteiger partial charge in [-0.3, -0.25) is 13.9 Å². The van der Waals surface area contributed by atoms with E-state index in [2.05, 4.69) is 5.32 Å². The van der Waals surface area contributed by atoms with Crippen LogP contribution < -0.4 is 9.62 Å². The number of sulfonamides is 1. The molecule has 2 amide bonds. The van der Waals surface area contributed by atoms with Crippen LogP contribution in [-0.2, 0) is 29.1 Å². The number of carbonyl (C=O) groups excluding carboxylic acids is 3. The Kier molecular flexibility index (Phi) is 6.59. The predicted octanol–water partition coefficient (Wildman–Crippen LogP) is 2.45. The number of carbonyl (C=O) groups is 3. The molecule has 180 valence electrons. The van der Waals surface area contributed by atoms with E-state index in [4.69, 9.17) is 4.74 Å².